The van der Waals surface area contributed by atoms with Crippen molar-refractivity contribution < 1.29 is 9.47 Å². The minimum Gasteiger partial charge on any atom is -0.382 e. The van der Waals surface area contributed by atoms with Crippen LogP contribution in [0, 0.1) is 0 Å². The lowest BCUT2D eigenvalue weighted by atomic mass is 9.89. The molecule has 0 saturated heterocycles. The van der Waals surface area contributed by atoms with Gasteiger partial charge in [0.15, 0.2) is 0 Å². The summed E-state index contributed by atoms with van der Waals surface area (Å²) in [5.74, 6) is 0.641. The van der Waals surface area contributed by atoms with Gasteiger partial charge >= 0.3 is 0 Å². The quantitative estimate of drug-likeness (QED) is 0.487. The molecule has 0 aliphatic heterocycles. The molecule has 1 N–H and O–H groups in total. The van der Waals surface area contributed by atoms with E-state index in [1.807, 2.05) is 35.2 Å². The highest BCUT2D eigenvalue weighted by Crippen LogP contribution is 2.29. The molecule has 0 radical (unpaired) electrons. The summed E-state index contributed by atoms with van der Waals surface area (Å²) in [6.45, 7) is 1.28. The molecule has 0 spiro atoms. The van der Waals surface area contributed by atoms with E-state index in [0.29, 0.717) is 31.3 Å². The van der Waals surface area contributed by atoms with Crippen molar-refractivity contribution in [2.75, 3.05) is 25.6 Å². The molecule has 1 aromatic carbocycles. The molecule has 0 unspecified atom stereocenters. The number of hydrogen-bond donors (Lipinski definition) is 1. The maximum absolute atomic E-state index is 5.72. The number of ether oxygens (including phenoxy) is 2. The molecule has 5 rings (SSSR count). The Bertz CT molecular complexity index is 1140. The number of pyridine rings is 1. The van der Waals surface area contributed by atoms with Gasteiger partial charge in [-0.05, 0) is 42.7 Å². The number of aromatic nitrogens is 4. The monoisotopic (exact) mass is 389 g/mol. The van der Waals surface area contributed by atoms with Gasteiger partial charge < -0.3 is 14.8 Å². The Hall–Kier alpha value is -3.03. The molecule has 1 aliphatic rings. The molecule has 1 fully saturated rings. The zero-order valence-corrected chi connectivity index (χ0v) is 16.3. The van der Waals surface area contributed by atoms with Crippen LogP contribution < -0.4 is 5.32 Å². The van der Waals surface area contributed by atoms with Gasteiger partial charge in [-0.15, -0.1) is 5.10 Å². The first kappa shape index (κ1) is 18.0. The zero-order chi connectivity index (χ0) is 19.6. The molecule has 29 heavy (non-hydrogen) atoms. The van der Waals surface area contributed by atoms with Gasteiger partial charge in [0.05, 0.1) is 36.5 Å². The van der Waals surface area contributed by atoms with E-state index in [2.05, 4.69) is 44.6 Å². The van der Waals surface area contributed by atoms with Gasteiger partial charge in [0.1, 0.15) is 0 Å². The van der Waals surface area contributed by atoms with Crippen LogP contribution in [0.1, 0.15) is 12.8 Å². The number of anilines is 1. The third kappa shape index (κ3) is 3.66. The van der Waals surface area contributed by atoms with Crippen molar-refractivity contribution in [3.8, 4) is 11.1 Å². The maximum atomic E-state index is 5.72. The van der Waals surface area contributed by atoms with Crippen molar-refractivity contribution in [3.05, 3.63) is 55.0 Å². The van der Waals surface area contributed by atoms with Gasteiger partial charge in [0.2, 0.25) is 5.95 Å². The highest BCUT2D eigenvalue weighted by molar-refractivity contribution is 5.88. The number of benzene rings is 1. The predicted octanol–water partition coefficient (Wildman–Crippen LogP) is 3.55. The fourth-order valence-electron chi connectivity index (χ4n) is 3.75. The van der Waals surface area contributed by atoms with Crippen molar-refractivity contribution in [1.29, 1.82) is 0 Å². The molecule has 4 aromatic rings. The first-order valence-electron chi connectivity index (χ1n) is 9.87. The van der Waals surface area contributed by atoms with Crippen molar-refractivity contribution in [2.45, 2.75) is 25.0 Å². The fraction of sp³-hybridized carbons (Fsp3) is 0.318. The largest absolute Gasteiger partial charge is 0.382 e. The molecule has 0 atom stereocenters. The Morgan fingerprint density at radius 2 is 2.07 bits per heavy atom. The van der Waals surface area contributed by atoms with E-state index in [-0.39, 0.29) is 0 Å². The Balaban J connectivity index is 1.30. The van der Waals surface area contributed by atoms with E-state index < -0.39 is 0 Å². The number of hydrogen-bond acceptors (Lipinski definition) is 6. The standard InChI is InChI=1S/C22H23N5O2/c1-28-9-10-29-18-12-17(13-18)25-22-24-14-21-19(6-8-27(21)26-22)15-4-5-20-16(11-15)3-2-7-23-20/h2-8,11,14,17-18H,9-10,12-13H2,1H3,(H,25,26). The first-order valence-corrected chi connectivity index (χ1v) is 9.87. The summed E-state index contributed by atoms with van der Waals surface area (Å²) in [7, 11) is 1.69. The molecule has 1 aliphatic carbocycles. The van der Waals surface area contributed by atoms with Crippen LogP contribution in [0.2, 0.25) is 0 Å². The van der Waals surface area contributed by atoms with Crippen molar-refractivity contribution in [3.63, 3.8) is 0 Å². The number of methoxy groups -OCH3 is 1. The second-order valence-electron chi connectivity index (χ2n) is 7.35. The van der Waals surface area contributed by atoms with Crippen LogP contribution in [-0.2, 0) is 9.47 Å². The zero-order valence-electron chi connectivity index (χ0n) is 16.3. The van der Waals surface area contributed by atoms with Gasteiger partial charge in [0.25, 0.3) is 0 Å². The molecule has 148 valence electrons. The van der Waals surface area contributed by atoms with Crippen molar-refractivity contribution >= 4 is 22.4 Å². The van der Waals surface area contributed by atoms with Crippen LogP contribution in [0.4, 0.5) is 5.95 Å². The lowest BCUT2D eigenvalue weighted by molar-refractivity contribution is -0.0261. The molecular formula is C22H23N5O2. The minimum absolute atomic E-state index is 0.298. The topological polar surface area (TPSA) is 73.6 Å². The van der Waals surface area contributed by atoms with Crippen molar-refractivity contribution in [1.82, 2.24) is 19.6 Å². The summed E-state index contributed by atoms with van der Waals surface area (Å²) >= 11 is 0. The number of fused-ring (bicyclic) bond motifs is 2. The van der Waals surface area contributed by atoms with E-state index in [1.165, 1.54) is 0 Å². The molecule has 0 amide bonds. The lowest BCUT2D eigenvalue weighted by Gasteiger charge is -2.35. The minimum atomic E-state index is 0.298. The van der Waals surface area contributed by atoms with Gasteiger partial charge in [-0.25, -0.2) is 9.50 Å². The maximum Gasteiger partial charge on any atom is 0.241 e. The Morgan fingerprint density at radius 1 is 1.14 bits per heavy atom. The number of nitrogens with one attached hydrogen (secondary N) is 1. The molecule has 7 heteroatoms. The van der Waals surface area contributed by atoms with Crippen LogP contribution in [0.3, 0.4) is 0 Å². The van der Waals surface area contributed by atoms with Crippen LogP contribution in [-0.4, -0.2) is 52.1 Å². The summed E-state index contributed by atoms with van der Waals surface area (Å²) in [5, 5.41) is 9.15. The molecular weight excluding hydrogens is 366 g/mol. The lowest BCUT2D eigenvalue weighted by Crippen LogP contribution is -2.41. The highest BCUT2D eigenvalue weighted by atomic mass is 16.5. The Kier molecular flexibility index (Phi) is 4.83. The third-order valence-corrected chi connectivity index (χ3v) is 5.40. The normalized spacial score (nSPS) is 18.8. The Labute approximate surface area is 168 Å². The summed E-state index contributed by atoms with van der Waals surface area (Å²) in [6, 6.07) is 12.8. The van der Waals surface area contributed by atoms with E-state index in [4.69, 9.17) is 9.47 Å². The van der Waals surface area contributed by atoms with Crippen LogP contribution >= 0.6 is 0 Å². The van der Waals surface area contributed by atoms with Crippen LogP contribution in [0.15, 0.2) is 55.0 Å². The summed E-state index contributed by atoms with van der Waals surface area (Å²) in [5.41, 5.74) is 4.21. The van der Waals surface area contributed by atoms with E-state index >= 15 is 0 Å². The average molecular weight is 389 g/mol. The second kappa shape index (κ2) is 7.77. The van der Waals surface area contributed by atoms with Crippen LogP contribution in [0.5, 0.6) is 0 Å². The summed E-state index contributed by atoms with van der Waals surface area (Å²) in [4.78, 5) is 8.93. The molecule has 3 aromatic heterocycles. The molecule has 3 heterocycles. The van der Waals surface area contributed by atoms with Gasteiger partial charge in [-0.1, -0.05) is 12.1 Å². The third-order valence-electron chi connectivity index (χ3n) is 5.40. The van der Waals surface area contributed by atoms with Crippen molar-refractivity contribution in [2.24, 2.45) is 0 Å². The summed E-state index contributed by atoms with van der Waals surface area (Å²) < 4.78 is 12.6. The highest BCUT2D eigenvalue weighted by Gasteiger charge is 2.30. The smallest absolute Gasteiger partial charge is 0.241 e. The number of nitrogens with zero attached hydrogens (tertiary/aromatic N) is 4. The van der Waals surface area contributed by atoms with Gasteiger partial charge in [-0.2, -0.15) is 0 Å². The predicted molar refractivity (Wildman–Crippen MR) is 112 cm³/mol. The number of rotatable bonds is 7. The average Bonchev–Trinajstić information content (AvgIpc) is 3.15. The molecule has 1 saturated carbocycles. The van der Waals surface area contributed by atoms with Crippen LogP contribution in [0.25, 0.3) is 27.5 Å². The van der Waals surface area contributed by atoms with E-state index in [9.17, 15) is 0 Å². The van der Waals surface area contributed by atoms with E-state index in [1.54, 1.807) is 7.11 Å². The summed E-state index contributed by atoms with van der Waals surface area (Å²) in [6.07, 6.45) is 7.90. The Morgan fingerprint density at radius 3 is 2.97 bits per heavy atom. The first-order chi connectivity index (χ1) is 14.3. The van der Waals surface area contributed by atoms with Gasteiger partial charge in [0, 0.05) is 36.5 Å². The second-order valence-corrected chi connectivity index (χ2v) is 7.35. The molecule has 7 nitrogen and oxygen atoms in total. The molecule has 0 bridgehead atoms. The van der Waals surface area contributed by atoms with E-state index in [0.717, 1.165) is 40.4 Å². The van der Waals surface area contributed by atoms with Gasteiger partial charge in [-0.3, -0.25) is 4.98 Å². The fourth-order valence-corrected chi connectivity index (χ4v) is 3.75. The SMILES string of the molecule is COCCOC1CC(Nc2ncc3c(-c4ccc5ncccc5c4)ccn3n2)C1.